The number of hydrogen-bond donors (Lipinski definition) is 0. The van der Waals surface area contributed by atoms with Gasteiger partial charge < -0.3 is 9.64 Å². The van der Waals surface area contributed by atoms with Gasteiger partial charge in [-0.15, -0.1) is 0 Å². The van der Waals surface area contributed by atoms with Crippen molar-refractivity contribution in [3.05, 3.63) is 34.6 Å². The zero-order valence-corrected chi connectivity index (χ0v) is 16.8. The van der Waals surface area contributed by atoms with Crippen LogP contribution in [0, 0.1) is 11.7 Å². The number of hydrogen-bond acceptors (Lipinski definition) is 3. The summed E-state index contributed by atoms with van der Waals surface area (Å²) in [6, 6.07) is 4.41. The molecule has 0 spiro atoms. The molecule has 2 rings (SSSR count). The Labute approximate surface area is 166 Å². The van der Waals surface area contributed by atoms with Crippen LogP contribution in [0.15, 0.2) is 18.2 Å². The normalized spacial score (nSPS) is 15.0. The monoisotopic (exact) mass is 397 g/mol. The highest BCUT2D eigenvalue weighted by Gasteiger charge is 2.29. The molecule has 0 saturated carbocycles. The van der Waals surface area contributed by atoms with Gasteiger partial charge in [-0.25, -0.2) is 4.39 Å². The summed E-state index contributed by atoms with van der Waals surface area (Å²) in [4.78, 5) is 26.2. The predicted molar refractivity (Wildman–Crippen MR) is 104 cm³/mol. The molecule has 0 aliphatic carbocycles. The van der Waals surface area contributed by atoms with Crippen LogP contribution in [0.5, 0.6) is 0 Å². The molecule has 1 amide bonds. The number of piperidine rings is 1. The molecule has 1 saturated heterocycles. The molecule has 0 unspecified atom stereocenters. The van der Waals surface area contributed by atoms with E-state index in [-0.39, 0.29) is 28.4 Å². The van der Waals surface area contributed by atoms with Gasteiger partial charge in [-0.05, 0) is 31.4 Å². The van der Waals surface area contributed by atoms with Crippen LogP contribution < -0.4 is 0 Å². The van der Waals surface area contributed by atoms with Crippen molar-refractivity contribution >= 4 is 23.5 Å². The third-order valence-corrected chi connectivity index (χ3v) is 5.33. The number of rotatable bonds is 9. The Hall–Kier alpha value is -1.62. The molecule has 1 fully saturated rings. The van der Waals surface area contributed by atoms with E-state index in [2.05, 4.69) is 6.92 Å². The van der Waals surface area contributed by atoms with Crippen molar-refractivity contribution in [3.63, 3.8) is 0 Å². The number of amides is 1. The van der Waals surface area contributed by atoms with E-state index in [1.165, 1.54) is 37.8 Å². The summed E-state index contributed by atoms with van der Waals surface area (Å²) < 4.78 is 19.4. The molecular weight excluding hydrogens is 369 g/mol. The van der Waals surface area contributed by atoms with Crippen molar-refractivity contribution in [1.82, 2.24) is 4.90 Å². The number of unbranched alkanes of at least 4 members (excludes halogenated alkanes) is 5. The largest absolute Gasteiger partial charge is 0.465 e. The number of halogens is 2. The Bertz CT molecular complexity index is 630. The molecule has 1 aromatic rings. The molecule has 0 atom stereocenters. The molecular formula is C21H29ClFNO3. The summed E-state index contributed by atoms with van der Waals surface area (Å²) >= 11 is 5.75. The fraction of sp³-hybridized carbons (Fsp3) is 0.619. The molecule has 4 nitrogen and oxygen atoms in total. The van der Waals surface area contributed by atoms with E-state index in [1.54, 1.807) is 11.0 Å². The second kappa shape index (κ2) is 11.3. The minimum absolute atomic E-state index is 0.0217. The van der Waals surface area contributed by atoms with Crippen LogP contribution in [-0.4, -0.2) is 36.5 Å². The predicted octanol–water partition coefficient (Wildman–Crippen LogP) is 5.24. The Morgan fingerprint density at radius 3 is 2.52 bits per heavy atom. The van der Waals surface area contributed by atoms with Crippen LogP contribution >= 0.6 is 11.6 Å². The first kappa shape index (κ1) is 21.7. The lowest BCUT2D eigenvalue weighted by Crippen LogP contribution is -2.41. The summed E-state index contributed by atoms with van der Waals surface area (Å²) in [6.45, 7) is 3.49. The highest BCUT2D eigenvalue weighted by atomic mass is 35.5. The molecule has 1 aromatic carbocycles. The van der Waals surface area contributed by atoms with Gasteiger partial charge in [-0.2, -0.15) is 0 Å². The average Bonchev–Trinajstić information content (AvgIpc) is 2.69. The number of likely N-dealkylation sites (tertiary alicyclic amines) is 1. The average molecular weight is 398 g/mol. The number of carbonyl (C=O) groups excluding carboxylic acids is 2. The summed E-state index contributed by atoms with van der Waals surface area (Å²) in [5.41, 5.74) is -0.0217. The van der Waals surface area contributed by atoms with Gasteiger partial charge in [0.25, 0.3) is 5.91 Å². The highest BCUT2D eigenvalue weighted by molar-refractivity contribution is 6.31. The molecule has 0 aromatic heterocycles. The van der Waals surface area contributed by atoms with Gasteiger partial charge in [0.05, 0.1) is 23.1 Å². The summed E-state index contributed by atoms with van der Waals surface area (Å²) in [5.74, 6) is -1.43. The smallest absolute Gasteiger partial charge is 0.309 e. The van der Waals surface area contributed by atoms with E-state index in [0.717, 1.165) is 12.8 Å². The molecule has 1 aliphatic rings. The molecule has 0 radical (unpaired) electrons. The molecule has 0 N–H and O–H groups in total. The standard InChI is InChI=1S/C21H29ClFNO3/c1-2-3-4-5-6-7-15-27-21(26)16-11-13-24(14-12-16)20(25)17-9-8-10-18(22)19(17)23/h8-10,16H,2-7,11-15H2,1H3. The van der Waals surface area contributed by atoms with Crippen molar-refractivity contribution in [1.29, 1.82) is 0 Å². The maximum atomic E-state index is 14.0. The maximum absolute atomic E-state index is 14.0. The third-order valence-electron chi connectivity index (χ3n) is 5.04. The van der Waals surface area contributed by atoms with Crippen molar-refractivity contribution in [2.45, 2.75) is 58.3 Å². The molecule has 150 valence electrons. The van der Waals surface area contributed by atoms with Gasteiger partial charge >= 0.3 is 5.97 Å². The van der Waals surface area contributed by atoms with Crippen LogP contribution in [0.3, 0.4) is 0 Å². The van der Waals surface area contributed by atoms with Gasteiger partial charge in [0, 0.05) is 13.1 Å². The summed E-state index contributed by atoms with van der Waals surface area (Å²) in [6.07, 6.45) is 7.99. The fourth-order valence-electron chi connectivity index (χ4n) is 3.33. The molecule has 0 bridgehead atoms. The van der Waals surface area contributed by atoms with Crippen LogP contribution in [0.1, 0.15) is 68.6 Å². The molecule has 1 heterocycles. The Morgan fingerprint density at radius 2 is 1.81 bits per heavy atom. The van der Waals surface area contributed by atoms with Crippen LogP contribution in [0.2, 0.25) is 5.02 Å². The van der Waals surface area contributed by atoms with Crippen LogP contribution in [0.25, 0.3) is 0 Å². The number of nitrogens with zero attached hydrogens (tertiary/aromatic N) is 1. The Kier molecular flexibility index (Phi) is 9.05. The van der Waals surface area contributed by atoms with Gasteiger partial charge in [0.15, 0.2) is 5.82 Å². The van der Waals surface area contributed by atoms with E-state index < -0.39 is 5.82 Å². The first-order valence-electron chi connectivity index (χ1n) is 9.94. The first-order chi connectivity index (χ1) is 13.0. The van der Waals surface area contributed by atoms with Gasteiger partial charge in [0.1, 0.15) is 0 Å². The molecule has 1 aliphatic heterocycles. The van der Waals surface area contributed by atoms with Gasteiger partial charge in [-0.1, -0.05) is 56.7 Å². The van der Waals surface area contributed by atoms with Crippen molar-refractivity contribution < 1.29 is 18.7 Å². The van der Waals surface area contributed by atoms with Crippen LogP contribution in [0.4, 0.5) is 4.39 Å². The van der Waals surface area contributed by atoms with E-state index >= 15 is 0 Å². The maximum Gasteiger partial charge on any atom is 0.309 e. The Morgan fingerprint density at radius 1 is 1.15 bits per heavy atom. The lowest BCUT2D eigenvalue weighted by Gasteiger charge is -2.31. The fourth-order valence-corrected chi connectivity index (χ4v) is 3.51. The second-order valence-electron chi connectivity index (χ2n) is 7.10. The van der Waals surface area contributed by atoms with Gasteiger partial charge in [-0.3, -0.25) is 9.59 Å². The Balaban J connectivity index is 1.71. The SMILES string of the molecule is CCCCCCCCOC(=O)C1CCN(C(=O)c2cccc(Cl)c2F)CC1. The molecule has 27 heavy (non-hydrogen) atoms. The number of ether oxygens (including phenoxy) is 1. The van der Waals surface area contributed by atoms with Crippen molar-refractivity contribution in [3.8, 4) is 0 Å². The lowest BCUT2D eigenvalue weighted by molar-refractivity contribution is -0.150. The highest BCUT2D eigenvalue weighted by Crippen LogP contribution is 2.23. The molecule has 6 heteroatoms. The second-order valence-corrected chi connectivity index (χ2v) is 7.51. The number of esters is 1. The summed E-state index contributed by atoms with van der Waals surface area (Å²) in [5, 5.41) is -0.0611. The topological polar surface area (TPSA) is 46.6 Å². The number of carbonyl (C=O) groups is 2. The van der Waals surface area contributed by atoms with E-state index in [1.807, 2.05) is 0 Å². The minimum atomic E-state index is -0.690. The van der Waals surface area contributed by atoms with Gasteiger partial charge in [0.2, 0.25) is 0 Å². The van der Waals surface area contributed by atoms with E-state index in [0.29, 0.717) is 32.5 Å². The third kappa shape index (κ3) is 6.49. The minimum Gasteiger partial charge on any atom is -0.465 e. The zero-order valence-electron chi connectivity index (χ0n) is 16.0. The first-order valence-corrected chi connectivity index (χ1v) is 10.3. The lowest BCUT2D eigenvalue weighted by atomic mass is 9.96. The van der Waals surface area contributed by atoms with E-state index in [4.69, 9.17) is 16.3 Å². The quantitative estimate of drug-likeness (QED) is 0.423. The van der Waals surface area contributed by atoms with Crippen molar-refractivity contribution in [2.24, 2.45) is 5.92 Å². The zero-order chi connectivity index (χ0) is 19.6. The van der Waals surface area contributed by atoms with Crippen molar-refractivity contribution in [2.75, 3.05) is 19.7 Å². The number of benzene rings is 1. The summed E-state index contributed by atoms with van der Waals surface area (Å²) in [7, 11) is 0. The van der Waals surface area contributed by atoms with Crippen LogP contribution in [-0.2, 0) is 9.53 Å². The van der Waals surface area contributed by atoms with E-state index in [9.17, 15) is 14.0 Å².